The van der Waals surface area contributed by atoms with Gasteiger partial charge in [0.2, 0.25) is 0 Å². The summed E-state index contributed by atoms with van der Waals surface area (Å²) in [5.74, 6) is 1.36. The highest BCUT2D eigenvalue weighted by atomic mass is 16.3. The van der Waals surface area contributed by atoms with Crippen LogP contribution in [0, 0.1) is 6.92 Å². The van der Waals surface area contributed by atoms with Crippen molar-refractivity contribution in [2.45, 2.75) is 19.3 Å². The van der Waals surface area contributed by atoms with Crippen molar-refractivity contribution in [3.63, 3.8) is 0 Å². The monoisotopic (exact) mass is 525 g/mol. The molecule has 3 nitrogen and oxygen atoms in total. The Morgan fingerprint density at radius 3 is 2.37 bits per heavy atom. The molecule has 0 radical (unpaired) electrons. The summed E-state index contributed by atoms with van der Waals surface area (Å²) in [4.78, 5) is 3.78. The van der Waals surface area contributed by atoms with Crippen molar-refractivity contribution in [1.82, 2.24) is 4.98 Å². The minimum atomic E-state index is 0.306. The summed E-state index contributed by atoms with van der Waals surface area (Å²) >= 11 is 0. The van der Waals surface area contributed by atoms with Gasteiger partial charge in [0.05, 0.1) is 11.0 Å². The number of fused-ring (bicyclic) bond motifs is 11. The van der Waals surface area contributed by atoms with Gasteiger partial charge in [-0.1, -0.05) is 89.3 Å². The summed E-state index contributed by atoms with van der Waals surface area (Å²) in [5.41, 5.74) is 17.3. The molecule has 0 saturated heterocycles. The molecule has 4 heterocycles. The molecule has 0 saturated carbocycles. The Balaban J connectivity index is 1.23. The van der Waals surface area contributed by atoms with Crippen LogP contribution in [0.5, 0.6) is 0 Å². The van der Waals surface area contributed by atoms with E-state index in [4.69, 9.17) is 8.83 Å². The molecule has 1 N–H and O–H groups in total. The average Bonchev–Trinajstić information content (AvgIpc) is 3.67. The maximum Gasteiger partial charge on any atom is 0.193 e. The van der Waals surface area contributed by atoms with E-state index in [1.165, 1.54) is 55.3 Å². The molecule has 1 atom stereocenters. The van der Waals surface area contributed by atoms with Crippen molar-refractivity contribution in [3.05, 3.63) is 119 Å². The number of benzene rings is 5. The number of hydrogen-bond acceptors (Lipinski definition) is 2. The van der Waals surface area contributed by atoms with Crippen molar-refractivity contribution in [1.29, 1.82) is 0 Å². The van der Waals surface area contributed by atoms with Gasteiger partial charge in [-0.05, 0) is 54.3 Å². The number of aromatic nitrogens is 1. The molecule has 5 aromatic carbocycles. The van der Waals surface area contributed by atoms with E-state index in [-0.39, 0.29) is 0 Å². The highest BCUT2D eigenvalue weighted by Crippen LogP contribution is 2.47. The lowest BCUT2D eigenvalue weighted by molar-refractivity contribution is 0.616. The Kier molecular flexibility index (Phi) is 4.05. The van der Waals surface area contributed by atoms with E-state index in [9.17, 15) is 0 Å². The first-order valence-electron chi connectivity index (χ1n) is 14.4. The molecule has 0 amide bonds. The zero-order chi connectivity index (χ0) is 26.8. The first kappa shape index (κ1) is 21.8. The maximum atomic E-state index is 6.48. The average molecular weight is 525 g/mol. The zero-order valence-electron chi connectivity index (χ0n) is 22.5. The predicted molar refractivity (Wildman–Crippen MR) is 169 cm³/mol. The molecule has 2 aliphatic rings. The van der Waals surface area contributed by atoms with Crippen LogP contribution in [0.2, 0.25) is 0 Å². The van der Waals surface area contributed by atoms with Crippen LogP contribution in [0.4, 0.5) is 0 Å². The maximum absolute atomic E-state index is 6.48. The van der Waals surface area contributed by atoms with Crippen LogP contribution >= 0.6 is 0 Å². The lowest BCUT2D eigenvalue weighted by Gasteiger charge is -2.34. The van der Waals surface area contributed by atoms with Gasteiger partial charge in [0.15, 0.2) is 12.9 Å². The van der Waals surface area contributed by atoms with Crippen LogP contribution in [0.25, 0.3) is 66.4 Å². The van der Waals surface area contributed by atoms with Gasteiger partial charge in [0.25, 0.3) is 0 Å². The molecule has 8 aromatic rings. The summed E-state index contributed by atoms with van der Waals surface area (Å²) < 4.78 is 12.8. The normalized spacial score (nSPS) is 15.3. The van der Waals surface area contributed by atoms with E-state index in [2.05, 4.69) is 96.8 Å². The van der Waals surface area contributed by atoms with Crippen molar-refractivity contribution in [2.75, 3.05) is 0 Å². The van der Waals surface area contributed by atoms with Crippen molar-refractivity contribution in [2.24, 2.45) is 0 Å². The van der Waals surface area contributed by atoms with Crippen molar-refractivity contribution in [3.8, 4) is 22.5 Å². The van der Waals surface area contributed by atoms with E-state index in [1.54, 1.807) is 0 Å². The van der Waals surface area contributed by atoms with E-state index in [0.29, 0.717) is 5.92 Å². The zero-order valence-corrected chi connectivity index (χ0v) is 22.5. The van der Waals surface area contributed by atoms with Gasteiger partial charge in [-0.2, -0.15) is 0 Å². The van der Waals surface area contributed by atoms with E-state index in [1.807, 2.05) is 12.1 Å². The molecular formula is C37H24BNO2. The Hall–Kier alpha value is -4.96. The highest BCUT2D eigenvalue weighted by Gasteiger charge is 2.37. The highest BCUT2D eigenvalue weighted by molar-refractivity contribution is 6.70. The SMILES string of the molecule is Cc1cc(-c2cccc3c2[nH]c2c4ccccc4oc32)c2c(c1)C1Cc3c(oc4ccccc34)-c3cccc(c31)B2. The van der Waals surface area contributed by atoms with Gasteiger partial charge in [-0.3, -0.25) is 0 Å². The Bertz CT molecular complexity index is 2400. The van der Waals surface area contributed by atoms with Gasteiger partial charge in [0, 0.05) is 38.8 Å². The molecular weight excluding hydrogens is 501 g/mol. The third-order valence-electron chi connectivity index (χ3n) is 9.51. The second kappa shape index (κ2) is 7.61. The number of aromatic amines is 1. The number of nitrogens with one attached hydrogen (secondary N) is 1. The number of rotatable bonds is 1. The quantitative estimate of drug-likeness (QED) is 0.222. The second-order valence-electron chi connectivity index (χ2n) is 11.8. The molecule has 41 heavy (non-hydrogen) atoms. The fourth-order valence-corrected chi connectivity index (χ4v) is 7.84. The van der Waals surface area contributed by atoms with Crippen molar-refractivity contribution < 1.29 is 8.83 Å². The molecule has 1 unspecified atom stereocenters. The van der Waals surface area contributed by atoms with Gasteiger partial charge in [0.1, 0.15) is 16.9 Å². The number of para-hydroxylation sites is 3. The number of aryl methyl sites for hydroxylation is 1. The lowest BCUT2D eigenvalue weighted by Crippen LogP contribution is -2.42. The first-order chi connectivity index (χ1) is 20.2. The molecule has 10 rings (SSSR count). The Morgan fingerprint density at radius 2 is 1.46 bits per heavy atom. The summed E-state index contributed by atoms with van der Waals surface area (Å²) in [5, 5.41) is 3.50. The third kappa shape index (κ3) is 2.79. The predicted octanol–water partition coefficient (Wildman–Crippen LogP) is 7.84. The molecule has 1 aliphatic carbocycles. The van der Waals surface area contributed by atoms with Gasteiger partial charge < -0.3 is 13.8 Å². The fraction of sp³-hybridized carbons (Fsp3) is 0.0811. The summed E-state index contributed by atoms with van der Waals surface area (Å²) in [7, 11) is 0.913. The van der Waals surface area contributed by atoms with E-state index < -0.39 is 0 Å². The van der Waals surface area contributed by atoms with Crippen LogP contribution in [0.15, 0.2) is 106 Å². The van der Waals surface area contributed by atoms with Gasteiger partial charge in [-0.25, -0.2) is 0 Å². The van der Waals surface area contributed by atoms with Gasteiger partial charge in [-0.15, -0.1) is 0 Å². The number of hydrogen-bond donors (Lipinski definition) is 1. The molecule has 0 fully saturated rings. The molecule has 0 spiro atoms. The molecule has 1 aliphatic heterocycles. The first-order valence-corrected chi connectivity index (χ1v) is 14.4. The number of furan rings is 2. The van der Waals surface area contributed by atoms with Crippen LogP contribution in [-0.4, -0.2) is 12.3 Å². The molecule has 4 heteroatoms. The van der Waals surface area contributed by atoms with Crippen LogP contribution in [0.3, 0.4) is 0 Å². The van der Waals surface area contributed by atoms with E-state index >= 15 is 0 Å². The Morgan fingerprint density at radius 1 is 0.707 bits per heavy atom. The van der Waals surface area contributed by atoms with Crippen LogP contribution in [-0.2, 0) is 6.42 Å². The topological polar surface area (TPSA) is 42.1 Å². The summed E-state index contributed by atoms with van der Waals surface area (Å²) in [6.45, 7) is 2.24. The molecule has 3 aromatic heterocycles. The van der Waals surface area contributed by atoms with Crippen LogP contribution in [0.1, 0.15) is 28.2 Å². The van der Waals surface area contributed by atoms with Crippen LogP contribution < -0.4 is 10.9 Å². The van der Waals surface area contributed by atoms with Crippen molar-refractivity contribution >= 4 is 62.1 Å². The summed E-state index contributed by atoms with van der Waals surface area (Å²) in [6.07, 6.45) is 0.956. The third-order valence-corrected chi connectivity index (χ3v) is 9.51. The smallest absolute Gasteiger partial charge is 0.193 e. The minimum absolute atomic E-state index is 0.306. The minimum Gasteiger partial charge on any atom is -0.456 e. The largest absolute Gasteiger partial charge is 0.456 e. The standard InChI is InChI=1S/C37H24BNO2/c1-19-16-26(21-10-6-12-24-34(21)39-35-22-9-3-5-15-31(22)41-37(24)35)33-27(17-19)25-18-28-20-8-2-4-14-30(20)40-36(28)23-11-7-13-29(38-33)32(23)25/h2-17,25,38-39H,18H2,1H3. The fourth-order valence-electron chi connectivity index (χ4n) is 7.84. The second-order valence-corrected chi connectivity index (χ2v) is 11.8. The molecule has 192 valence electrons. The lowest BCUT2D eigenvalue weighted by atomic mass is 9.50. The Labute approximate surface area is 236 Å². The van der Waals surface area contributed by atoms with E-state index in [0.717, 1.165) is 58.0 Å². The summed E-state index contributed by atoms with van der Waals surface area (Å²) in [6, 6.07) is 35.0. The molecule has 0 bridgehead atoms. The number of H-pyrrole nitrogens is 1. The van der Waals surface area contributed by atoms with Gasteiger partial charge >= 0.3 is 0 Å².